The van der Waals surface area contributed by atoms with Gasteiger partial charge in [0.05, 0.1) is 12.9 Å². The Bertz CT molecular complexity index is 711. The van der Waals surface area contributed by atoms with E-state index in [0.29, 0.717) is 11.5 Å². The first kappa shape index (κ1) is 16.3. The van der Waals surface area contributed by atoms with Gasteiger partial charge in [-0.3, -0.25) is 4.90 Å². The highest BCUT2D eigenvalue weighted by Crippen LogP contribution is 2.33. The fourth-order valence-corrected chi connectivity index (χ4v) is 4.09. The number of imidazole rings is 1. The molecule has 132 valence electrons. The molecule has 6 nitrogen and oxygen atoms in total. The summed E-state index contributed by atoms with van der Waals surface area (Å²) in [6.45, 7) is 2.58. The van der Waals surface area contributed by atoms with E-state index < -0.39 is 11.5 Å². The van der Waals surface area contributed by atoms with Crippen molar-refractivity contribution in [1.82, 2.24) is 14.5 Å². The monoisotopic (exact) mass is 341 g/mol. The van der Waals surface area contributed by atoms with Gasteiger partial charge in [0.1, 0.15) is 6.10 Å². The van der Waals surface area contributed by atoms with E-state index in [9.17, 15) is 9.90 Å². The van der Waals surface area contributed by atoms with Crippen LogP contribution in [-0.4, -0.2) is 57.9 Å². The summed E-state index contributed by atoms with van der Waals surface area (Å²) >= 11 is 0. The molecule has 0 unspecified atom stereocenters. The Morgan fingerprint density at radius 2 is 2.04 bits per heavy atom. The number of esters is 1. The van der Waals surface area contributed by atoms with E-state index >= 15 is 0 Å². The minimum Gasteiger partial charge on any atom is -0.459 e. The maximum atomic E-state index is 13.3. The number of ether oxygens (including phenoxy) is 1. The maximum Gasteiger partial charge on any atom is 0.339 e. The number of carbonyl (C=O) groups is 1. The van der Waals surface area contributed by atoms with Crippen LogP contribution in [0.25, 0.3) is 0 Å². The summed E-state index contributed by atoms with van der Waals surface area (Å²) in [6.07, 6.45) is 6.89. The number of fused-ring (bicyclic) bond motifs is 3. The summed E-state index contributed by atoms with van der Waals surface area (Å²) in [4.78, 5) is 19.7. The number of rotatable bonds is 5. The lowest BCUT2D eigenvalue weighted by Crippen LogP contribution is -2.55. The topological polar surface area (TPSA) is 67.6 Å². The van der Waals surface area contributed by atoms with Crippen molar-refractivity contribution in [3.8, 4) is 0 Å². The lowest BCUT2D eigenvalue weighted by molar-refractivity contribution is -0.169. The molecule has 3 aliphatic rings. The second kappa shape index (κ2) is 6.61. The molecule has 2 aromatic rings. The normalized spacial score (nSPS) is 27.6. The fraction of sp³-hybridized carbons (Fsp3) is 0.474. The lowest BCUT2D eigenvalue weighted by atomic mass is 9.85. The summed E-state index contributed by atoms with van der Waals surface area (Å²) < 4.78 is 7.62. The van der Waals surface area contributed by atoms with Crippen molar-refractivity contribution in [2.45, 2.75) is 24.5 Å². The van der Waals surface area contributed by atoms with Gasteiger partial charge in [-0.05, 0) is 37.4 Å². The molecule has 3 aliphatic heterocycles. The van der Waals surface area contributed by atoms with Gasteiger partial charge in [0, 0.05) is 18.9 Å². The van der Waals surface area contributed by atoms with Crippen LogP contribution >= 0.6 is 0 Å². The van der Waals surface area contributed by atoms with Crippen LogP contribution in [0.15, 0.2) is 49.1 Å². The molecule has 0 spiro atoms. The third kappa shape index (κ3) is 2.75. The molecule has 0 saturated carbocycles. The number of hydrogen-bond acceptors (Lipinski definition) is 5. The van der Waals surface area contributed by atoms with Crippen LogP contribution in [0.5, 0.6) is 0 Å². The number of aromatic nitrogens is 2. The Hall–Kier alpha value is -2.18. The zero-order valence-electron chi connectivity index (χ0n) is 14.1. The van der Waals surface area contributed by atoms with Gasteiger partial charge in [-0.15, -0.1) is 0 Å². The lowest BCUT2D eigenvalue weighted by Gasteiger charge is -2.45. The molecule has 4 heterocycles. The molecule has 0 radical (unpaired) electrons. The molecule has 1 N–H and O–H groups in total. The van der Waals surface area contributed by atoms with Crippen molar-refractivity contribution in [3.05, 3.63) is 54.6 Å². The second-order valence-electron chi connectivity index (χ2n) is 6.94. The minimum absolute atomic E-state index is 0.104. The number of aliphatic hydroxyl groups is 1. The van der Waals surface area contributed by atoms with Crippen LogP contribution in [0.3, 0.4) is 0 Å². The first-order chi connectivity index (χ1) is 12.2. The van der Waals surface area contributed by atoms with Crippen molar-refractivity contribution < 1.29 is 14.6 Å². The Labute approximate surface area is 147 Å². The van der Waals surface area contributed by atoms with E-state index in [-0.39, 0.29) is 12.7 Å². The van der Waals surface area contributed by atoms with Crippen LogP contribution in [0, 0.1) is 5.92 Å². The van der Waals surface area contributed by atoms with Gasteiger partial charge in [0.2, 0.25) is 0 Å². The molecule has 1 aromatic heterocycles. The van der Waals surface area contributed by atoms with Crippen LogP contribution in [0.1, 0.15) is 18.4 Å². The highest BCUT2D eigenvalue weighted by atomic mass is 16.5. The van der Waals surface area contributed by atoms with Crippen molar-refractivity contribution in [2.75, 3.05) is 26.2 Å². The van der Waals surface area contributed by atoms with E-state index in [2.05, 4.69) is 9.88 Å². The van der Waals surface area contributed by atoms with E-state index in [1.165, 1.54) is 0 Å². The molecule has 6 heteroatoms. The predicted octanol–water partition coefficient (Wildman–Crippen LogP) is 1.26. The van der Waals surface area contributed by atoms with Gasteiger partial charge in [-0.1, -0.05) is 30.3 Å². The fourth-order valence-electron chi connectivity index (χ4n) is 4.09. The van der Waals surface area contributed by atoms with Crippen molar-refractivity contribution in [3.63, 3.8) is 0 Å². The summed E-state index contributed by atoms with van der Waals surface area (Å²) in [7, 11) is 0. The number of piperidine rings is 3. The number of benzene rings is 1. The van der Waals surface area contributed by atoms with Gasteiger partial charge in [-0.2, -0.15) is 0 Å². The zero-order chi connectivity index (χ0) is 17.3. The predicted molar refractivity (Wildman–Crippen MR) is 91.9 cm³/mol. The first-order valence-electron chi connectivity index (χ1n) is 8.82. The molecule has 2 atom stereocenters. The highest BCUT2D eigenvalue weighted by Gasteiger charge is 2.46. The van der Waals surface area contributed by atoms with E-state index in [0.717, 1.165) is 32.5 Å². The quantitative estimate of drug-likeness (QED) is 0.829. The molecule has 0 amide bonds. The molecular weight excluding hydrogens is 318 g/mol. The molecule has 3 fully saturated rings. The van der Waals surface area contributed by atoms with Crippen LogP contribution in [0.2, 0.25) is 0 Å². The summed E-state index contributed by atoms with van der Waals surface area (Å²) in [6, 6.07) is 9.29. The highest BCUT2D eigenvalue weighted by molar-refractivity contribution is 5.83. The Morgan fingerprint density at radius 3 is 2.60 bits per heavy atom. The molecule has 0 aliphatic carbocycles. The number of carbonyl (C=O) groups excluding carboxylic acids is 1. The third-order valence-electron chi connectivity index (χ3n) is 5.62. The van der Waals surface area contributed by atoms with Gasteiger partial charge in [0.15, 0.2) is 5.54 Å². The average Bonchev–Trinajstić information content (AvgIpc) is 3.20. The van der Waals surface area contributed by atoms with Crippen molar-refractivity contribution in [2.24, 2.45) is 5.92 Å². The standard InChI is InChI=1S/C19H23N3O3/c23-13-19(22-11-8-20-14-22,16-4-2-1-3-5-16)18(24)25-17-12-21-9-6-15(17)7-10-21/h1-5,8,11,14-15,17,23H,6-7,9-10,12-13H2/t17-,19+/m0/s1. The summed E-state index contributed by atoms with van der Waals surface area (Å²) in [5.74, 6) is 0.00172. The third-order valence-corrected chi connectivity index (χ3v) is 5.62. The average molecular weight is 341 g/mol. The molecule has 3 saturated heterocycles. The molecule has 25 heavy (non-hydrogen) atoms. The first-order valence-corrected chi connectivity index (χ1v) is 8.82. The van der Waals surface area contributed by atoms with Gasteiger partial charge < -0.3 is 14.4 Å². The minimum atomic E-state index is -1.30. The molecular formula is C19H23N3O3. The molecule has 1 aromatic carbocycles. The van der Waals surface area contributed by atoms with Crippen molar-refractivity contribution >= 4 is 5.97 Å². The van der Waals surface area contributed by atoms with Crippen LogP contribution in [-0.2, 0) is 15.1 Å². The number of nitrogens with zero attached hydrogens (tertiary/aromatic N) is 3. The Balaban J connectivity index is 1.67. The van der Waals surface area contributed by atoms with Crippen LogP contribution in [0.4, 0.5) is 0 Å². The van der Waals surface area contributed by atoms with Gasteiger partial charge in [0.25, 0.3) is 0 Å². The molecule has 5 rings (SSSR count). The van der Waals surface area contributed by atoms with Crippen LogP contribution < -0.4 is 0 Å². The van der Waals surface area contributed by atoms with E-state index in [1.54, 1.807) is 23.3 Å². The zero-order valence-corrected chi connectivity index (χ0v) is 14.1. The second-order valence-corrected chi connectivity index (χ2v) is 6.94. The van der Waals surface area contributed by atoms with Gasteiger partial charge >= 0.3 is 5.97 Å². The number of aliphatic hydroxyl groups excluding tert-OH is 1. The SMILES string of the molecule is O=C(O[C@H]1CN2CCC1CC2)[C@@](CO)(c1ccccc1)n1ccnc1. The smallest absolute Gasteiger partial charge is 0.339 e. The van der Waals surface area contributed by atoms with Gasteiger partial charge in [-0.25, -0.2) is 9.78 Å². The van der Waals surface area contributed by atoms with Crippen molar-refractivity contribution in [1.29, 1.82) is 0 Å². The summed E-state index contributed by atoms with van der Waals surface area (Å²) in [5.41, 5.74) is -0.606. The maximum absolute atomic E-state index is 13.3. The van der Waals surface area contributed by atoms with E-state index in [4.69, 9.17) is 4.74 Å². The molecule has 2 bridgehead atoms. The Morgan fingerprint density at radius 1 is 1.28 bits per heavy atom. The Kier molecular flexibility index (Phi) is 4.31. The van der Waals surface area contributed by atoms with E-state index in [1.807, 2.05) is 30.3 Å². The largest absolute Gasteiger partial charge is 0.459 e. The summed E-state index contributed by atoms with van der Waals surface area (Å²) in [5, 5.41) is 10.3. The number of hydrogen-bond donors (Lipinski definition) is 1.